The predicted octanol–water partition coefficient (Wildman–Crippen LogP) is 2.57. The van der Waals surface area contributed by atoms with Gasteiger partial charge in [-0.25, -0.2) is 0 Å². The average molecular weight is 252 g/mol. The highest BCUT2D eigenvalue weighted by Gasteiger charge is 2.38. The third-order valence-corrected chi connectivity index (χ3v) is 1.82. The molecular weight excluding hydrogens is 247 g/mol. The van der Waals surface area contributed by atoms with E-state index in [0.29, 0.717) is 0 Å². The summed E-state index contributed by atoms with van der Waals surface area (Å²) < 4.78 is 35.7. The van der Waals surface area contributed by atoms with Crippen LogP contribution in [0.2, 0.25) is 0 Å². The van der Waals surface area contributed by atoms with Gasteiger partial charge < -0.3 is 5.32 Å². The summed E-state index contributed by atoms with van der Waals surface area (Å²) in [6.07, 6.45) is -4.97. The first-order valence-electron chi connectivity index (χ1n) is 3.99. The van der Waals surface area contributed by atoms with Gasteiger partial charge >= 0.3 is 12.1 Å². The van der Waals surface area contributed by atoms with E-state index in [-0.39, 0.29) is 11.3 Å². The minimum absolute atomic E-state index is 0.00152. The summed E-state index contributed by atoms with van der Waals surface area (Å²) in [6, 6.07) is 4.89. The molecule has 1 aromatic rings. The summed E-state index contributed by atoms with van der Waals surface area (Å²) in [5, 5.41) is 0.786. The zero-order chi connectivity index (χ0) is 12.3. The van der Waals surface area contributed by atoms with E-state index < -0.39 is 17.3 Å². The molecule has 3 nitrogen and oxygen atoms in total. The molecule has 0 heterocycles. The number of benzene rings is 1. The fourth-order valence-corrected chi connectivity index (χ4v) is 1.04. The van der Waals surface area contributed by atoms with Crippen LogP contribution in [0.1, 0.15) is 10.4 Å². The summed E-state index contributed by atoms with van der Waals surface area (Å²) in [6.45, 7) is 0. The van der Waals surface area contributed by atoms with Gasteiger partial charge in [0.05, 0.1) is 0 Å². The number of halogens is 4. The van der Waals surface area contributed by atoms with Crippen molar-refractivity contribution >= 4 is 28.4 Å². The van der Waals surface area contributed by atoms with Gasteiger partial charge in [-0.3, -0.25) is 9.59 Å². The number of anilines is 1. The van der Waals surface area contributed by atoms with Crippen LogP contribution in [-0.2, 0) is 4.79 Å². The summed E-state index contributed by atoms with van der Waals surface area (Å²) in [5.74, 6) is -2.10. The minimum Gasteiger partial charge on any atom is -0.318 e. The second-order valence-corrected chi connectivity index (χ2v) is 3.15. The fraction of sp³-hybridized carbons (Fsp3) is 0.111. The van der Waals surface area contributed by atoms with Crippen molar-refractivity contribution in [2.45, 2.75) is 6.18 Å². The molecule has 7 heteroatoms. The monoisotopic (exact) mass is 251 g/mol. The summed E-state index contributed by atoms with van der Waals surface area (Å²) in [5.41, 5.74) is -0.143. The van der Waals surface area contributed by atoms with Crippen LogP contribution in [0.15, 0.2) is 24.3 Å². The Balaban J connectivity index is 2.87. The van der Waals surface area contributed by atoms with Gasteiger partial charge in [-0.05, 0) is 29.8 Å². The van der Waals surface area contributed by atoms with Gasteiger partial charge in [0.25, 0.3) is 5.24 Å². The topological polar surface area (TPSA) is 46.2 Å². The first-order valence-corrected chi connectivity index (χ1v) is 4.36. The summed E-state index contributed by atoms with van der Waals surface area (Å²) >= 11 is 5.13. The van der Waals surface area contributed by atoms with Crippen molar-refractivity contribution in [3.8, 4) is 0 Å². The Hall–Kier alpha value is -1.56. The minimum atomic E-state index is -4.97. The lowest BCUT2D eigenvalue weighted by atomic mass is 10.2. The van der Waals surface area contributed by atoms with Crippen LogP contribution in [0.25, 0.3) is 0 Å². The molecule has 1 N–H and O–H groups in total. The predicted molar refractivity (Wildman–Crippen MR) is 51.3 cm³/mol. The van der Waals surface area contributed by atoms with E-state index in [1.807, 2.05) is 0 Å². The smallest absolute Gasteiger partial charge is 0.318 e. The van der Waals surface area contributed by atoms with Gasteiger partial charge in [0.1, 0.15) is 0 Å². The SMILES string of the molecule is O=C(Cl)c1cccc(NC(=O)C(F)(F)F)c1. The molecule has 0 spiro atoms. The van der Waals surface area contributed by atoms with E-state index in [1.54, 1.807) is 5.32 Å². The number of carbonyl (C=O) groups is 2. The van der Waals surface area contributed by atoms with Gasteiger partial charge in [-0.15, -0.1) is 0 Å². The number of rotatable bonds is 2. The van der Waals surface area contributed by atoms with E-state index in [9.17, 15) is 22.8 Å². The molecule has 1 amide bonds. The first-order chi connectivity index (χ1) is 7.30. The lowest BCUT2D eigenvalue weighted by Gasteiger charge is -2.08. The highest BCUT2D eigenvalue weighted by molar-refractivity contribution is 6.67. The molecule has 0 bridgehead atoms. The quantitative estimate of drug-likeness (QED) is 0.821. The van der Waals surface area contributed by atoms with Crippen molar-refractivity contribution in [1.29, 1.82) is 0 Å². The Morgan fingerprint density at radius 1 is 1.25 bits per heavy atom. The molecule has 0 saturated heterocycles. The second-order valence-electron chi connectivity index (χ2n) is 2.81. The molecule has 1 rings (SSSR count). The van der Waals surface area contributed by atoms with Crippen LogP contribution >= 0.6 is 11.6 Å². The van der Waals surface area contributed by atoms with Gasteiger partial charge in [0.2, 0.25) is 0 Å². The van der Waals surface area contributed by atoms with E-state index in [4.69, 9.17) is 11.6 Å². The molecule has 0 aliphatic heterocycles. The van der Waals surface area contributed by atoms with E-state index in [1.165, 1.54) is 18.2 Å². The maximum absolute atomic E-state index is 11.9. The van der Waals surface area contributed by atoms with Crippen LogP contribution in [-0.4, -0.2) is 17.3 Å². The molecular formula is C9H5ClF3NO2. The molecule has 0 saturated carbocycles. The van der Waals surface area contributed by atoms with Crippen molar-refractivity contribution in [2.75, 3.05) is 5.32 Å². The largest absolute Gasteiger partial charge is 0.471 e. The van der Waals surface area contributed by atoms with Gasteiger partial charge in [-0.1, -0.05) is 6.07 Å². The Kier molecular flexibility index (Phi) is 3.54. The molecule has 0 atom stereocenters. The number of alkyl halides is 3. The van der Waals surface area contributed by atoms with Gasteiger partial charge in [-0.2, -0.15) is 13.2 Å². The Bertz CT molecular complexity index is 431. The van der Waals surface area contributed by atoms with Crippen molar-refractivity contribution in [2.24, 2.45) is 0 Å². The molecule has 0 aliphatic carbocycles. The van der Waals surface area contributed by atoms with Crippen molar-refractivity contribution in [1.82, 2.24) is 0 Å². The van der Waals surface area contributed by atoms with Crippen LogP contribution < -0.4 is 5.32 Å². The standard InChI is InChI=1S/C9H5ClF3NO2/c10-7(15)5-2-1-3-6(4-5)14-8(16)9(11,12)13/h1-4H,(H,14,16). The lowest BCUT2D eigenvalue weighted by Crippen LogP contribution is -2.29. The van der Waals surface area contributed by atoms with Crippen molar-refractivity contribution in [3.05, 3.63) is 29.8 Å². The number of hydrogen-bond acceptors (Lipinski definition) is 2. The highest BCUT2D eigenvalue weighted by atomic mass is 35.5. The maximum atomic E-state index is 11.9. The van der Waals surface area contributed by atoms with Crippen LogP contribution in [0, 0.1) is 0 Å². The molecule has 1 aromatic carbocycles. The fourth-order valence-electron chi connectivity index (χ4n) is 0.921. The normalized spacial score (nSPS) is 11.0. The summed E-state index contributed by atoms with van der Waals surface area (Å²) in [7, 11) is 0. The Labute approximate surface area is 93.2 Å². The van der Waals surface area contributed by atoms with E-state index in [0.717, 1.165) is 6.07 Å². The van der Waals surface area contributed by atoms with Crippen LogP contribution in [0.5, 0.6) is 0 Å². The lowest BCUT2D eigenvalue weighted by molar-refractivity contribution is -0.167. The summed E-state index contributed by atoms with van der Waals surface area (Å²) in [4.78, 5) is 21.3. The maximum Gasteiger partial charge on any atom is 0.471 e. The highest BCUT2D eigenvalue weighted by Crippen LogP contribution is 2.19. The van der Waals surface area contributed by atoms with Gasteiger partial charge in [0.15, 0.2) is 0 Å². The van der Waals surface area contributed by atoms with Crippen LogP contribution in [0.4, 0.5) is 18.9 Å². The number of carbonyl (C=O) groups excluding carboxylic acids is 2. The Morgan fingerprint density at radius 2 is 1.88 bits per heavy atom. The molecule has 0 aliphatic rings. The third-order valence-electron chi connectivity index (χ3n) is 1.60. The molecule has 16 heavy (non-hydrogen) atoms. The molecule has 0 fully saturated rings. The zero-order valence-corrected chi connectivity index (χ0v) is 8.39. The molecule has 0 radical (unpaired) electrons. The van der Waals surface area contributed by atoms with E-state index in [2.05, 4.69) is 0 Å². The van der Waals surface area contributed by atoms with Crippen LogP contribution in [0.3, 0.4) is 0 Å². The van der Waals surface area contributed by atoms with Crippen molar-refractivity contribution in [3.63, 3.8) is 0 Å². The molecule has 0 unspecified atom stereocenters. The third kappa shape index (κ3) is 3.23. The van der Waals surface area contributed by atoms with E-state index >= 15 is 0 Å². The first kappa shape index (κ1) is 12.5. The second kappa shape index (κ2) is 4.52. The number of nitrogens with one attached hydrogen (secondary N) is 1. The Morgan fingerprint density at radius 3 is 2.38 bits per heavy atom. The number of hydrogen-bond donors (Lipinski definition) is 1. The molecule has 0 aromatic heterocycles. The zero-order valence-electron chi connectivity index (χ0n) is 7.64. The average Bonchev–Trinajstić information content (AvgIpc) is 2.16. The van der Waals surface area contributed by atoms with Gasteiger partial charge in [0, 0.05) is 11.3 Å². The molecule has 86 valence electrons. The number of amides is 1. The van der Waals surface area contributed by atoms with Crippen molar-refractivity contribution < 1.29 is 22.8 Å².